The Morgan fingerprint density at radius 2 is 2.07 bits per heavy atom. The van der Waals surface area contributed by atoms with Crippen molar-refractivity contribution >= 4 is 41.4 Å². The number of hydrogen-bond acceptors (Lipinski definition) is 4. The molecule has 1 aromatic heterocycles. The van der Waals surface area contributed by atoms with E-state index in [0.29, 0.717) is 37.1 Å². The van der Waals surface area contributed by atoms with Crippen molar-refractivity contribution < 1.29 is 8.78 Å². The molecule has 1 atom stereocenters. The number of nitrogens with one attached hydrogen (secondary N) is 2. The van der Waals surface area contributed by atoms with Gasteiger partial charge in [0.05, 0.1) is 12.2 Å². The molecular formula is C21H29F2IN6. The van der Waals surface area contributed by atoms with Crippen molar-refractivity contribution in [1.29, 1.82) is 0 Å². The number of aromatic nitrogens is 1. The van der Waals surface area contributed by atoms with Crippen LogP contribution in [0.25, 0.3) is 0 Å². The first-order chi connectivity index (χ1) is 14.0. The van der Waals surface area contributed by atoms with Gasteiger partial charge in [0.1, 0.15) is 5.82 Å². The first kappa shape index (κ1) is 24.1. The van der Waals surface area contributed by atoms with Gasteiger partial charge in [0.2, 0.25) is 0 Å². The van der Waals surface area contributed by atoms with E-state index in [9.17, 15) is 8.78 Å². The molecule has 1 aliphatic rings. The molecule has 2 aromatic rings. The third-order valence-electron chi connectivity index (χ3n) is 4.83. The van der Waals surface area contributed by atoms with Gasteiger partial charge in [-0.15, -0.1) is 24.0 Å². The second-order valence-corrected chi connectivity index (χ2v) is 7.26. The lowest BCUT2D eigenvalue weighted by atomic mass is 10.2. The fourth-order valence-electron chi connectivity index (χ4n) is 3.38. The lowest BCUT2D eigenvalue weighted by Crippen LogP contribution is -2.44. The van der Waals surface area contributed by atoms with Crippen molar-refractivity contribution in [3.05, 3.63) is 53.7 Å². The molecule has 164 valence electrons. The molecule has 1 fully saturated rings. The van der Waals surface area contributed by atoms with E-state index < -0.39 is 0 Å². The average Bonchev–Trinajstić information content (AvgIpc) is 3.14. The molecule has 1 unspecified atom stereocenters. The standard InChI is InChI=1S/C21H28F2N6.HI/c1-4-24-21(26-13-15-7-8-19(28(2)3)18(23)12-15)27-16-9-11-29(14-16)20-17(22)6-5-10-25-20;/h5-8,10,12,16H,4,9,11,13-14H2,1-3H3,(H2,24,26,27);1H. The summed E-state index contributed by atoms with van der Waals surface area (Å²) in [6, 6.07) is 8.30. The number of aliphatic imine (C=N–C) groups is 1. The van der Waals surface area contributed by atoms with Crippen molar-refractivity contribution in [3.63, 3.8) is 0 Å². The van der Waals surface area contributed by atoms with Gasteiger partial charge in [0.25, 0.3) is 0 Å². The molecule has 1 aromatic carbocycles. The third-order valence-corrected chi connectivity index (χ3v) is 4.83. The first-order valence-corrected chi connectivity index (χ1v) is 9.84. The van der Waals surface area contributed by atoms with E-state index in [4.69, 9.17) is 0 Å². The number of rotatable bonds is 6. The largest absolute Gasteiger partial charge is 0.375 e. The number of benzene rings is 1. The minimum absolute atomic E-state index is 0. The van der Waals surface area contributed by atoms with Crippen LogP contribution in [0.3, 0.4) is 0 Å². The molecule has 30 heavy (non-hydrogen) atoms. The molecule has 0 aliphatic carbocycles. The summed E-state index contributed by atoms with van der Waals surface area (Å²) in [4.78, 5) is 12.4. The third kappa shape index (κ3) is 6.16. The van der Waals surface area contributed by atoms with Gasteiger partial charge in [-0.3, -0.25) is 0 Å². The molecule has 0 amide bonds. The number of nitrogens with zero attached hydrogens (tertiary/aromatic N) is 4. The maximum atomic E-state index is 14.2. The maximum absolute atomic E-state index is 14.2. The monoisotopic (exact) mass is 530 g/mol. The lowest BCUT2D eigenvalue weighted by molar-refractivity contribution is 0.612. The molecule has 2 N–H and O–H groups in total. The van der Waals surface area contributed by atoms with Crippen LogP contribution < -0.4 is 20.4 Å². The van der Waals surface area contributed by atoms with E-state index in [1.54, 1.807) is 23.2 Å². The van der Waals surface area contributed by atoms with E-state index in [1.165, 1.54) is 12.1 Å². The second kappa shape index (κ2) is 11.3. The van der Waals surface area contributed by atoms with Crippen LogP contribution in [0.15, 0.2) is 41.5 Å². The maximum Gasteiger partial charge on any atom is 0.191 e. The highest BCUT2D eigenvalue weighted by molar-refractivity contribution is 14.0. The summed E-state index contributed by atoms with van der Waals surface area (Å²) in [7, 11) is 3.62. The lowest BCUT2D eigenvalue weighted by Gasteiger charge is -2.20. The Bertz CT molecular complexity index is 861. The number of halogens is 3. The summed E-state index contributed by atoms with van der Waals surface area (Å²) < 4.78 is 28.2. The topological polar surface area (TPSA) is 55.8 Å². The smallest absolute Gasteiger partial charge is 0.191 e. The first-order valence-electron chi connectivity index (χ1n) is 9.84. The minimum atomic E-state index is -0.308. The molecule has 0 bridgehead atoms. The SMILES string of the molecule is CCNC(=NCc1ccc(N(C)C)c(F)c1)NC1CCN(c2ncccc2F)C1.I. The van der Waals surface area contributed by atoms with Gasteiger partial charge in [-0.2, -0.15) is 0 Å². The molecular weight excluding hydrogens is 501 g/mol. The molecule has 0 radical (unpaired) electrons. The van der Waals surface area contributed by atoms with Crippen LogP contribution in [-0.2, 0) is 6.54 Å². The van der Waals surface area contributed by atoms with Crippen LogP contribution in [0.5, 0.6) is 0 Å². The highest BCUT2D eigenvalue weighted by Crippen LogP contribution is 2.21. The van der Waals surface area contributed by atoms with Gasteiger partial charge >= 0.3 is 0 Å². The average molecular weight is 530 g/mol. The van der Waals surface area contributed by atoms with Gasteiger partial charge in [-0.25, -0.2) is 18.8 Å². The van der Waals surface area contributed by atoms with E-state index in [-0.39, 0.29) is 41.7 Å². The molecule has 1 aliphatic heterocycles. The highest BCUT2D eigenvalue weighted by atomic mass is 127. The Morgan fingerprint density at radius 1 is 1.27 bits per heavy atom. The number of anilines is 2. The van der Waals surface area contributed by atoms with Crippen LogP contribution in [0.1, 0.15) is 18.9 Å². The predicted molar refractivity (Wildman–Crippen MR) is 129 cm³/mol. The number of pyridine rings is 1. The number of guanidine groups is 1. The zero-order valence-electron chi connectivity index (χ0n) is 17.5. The zero-order valence-corrected chi connectivity index (χ0v) is 19.9. The Balaban J connectivity index is 0.00000320. The zero-order chi connectivity index (χ0) is 20.8. The Morgan fingerprint density at radius 3 is 2.73 bits per heavy atom. The van der Waals surface area contributed by atoms with Crippen molar-refractivity contribution in [2.45, 2.75) is 25.9 Å². The van der Waals surface area contributed by atoms with E-state index in [1.807, 2.05) is 32.0 Å². The molecule has 6 nitrogen and oxygen atoms in total. The molecule has 0 spiro atoms. The van der Waals surface area contributed by atoms with Crippen molar-refractivity contribution in [2.75, 3.05) is 43.5 Å². The van der Waals surface area contributed by atoms with Crippen molar-refractivity contribution in [2.24, 2.45) is 4.99 Å². The van der Waals surface area contributed by atoms with Gasteiger partial charge in [0, 0.05) is 46.0 Å². The molecule has 2 heterocycles. The second-order valence-electron chi connectivity index (χ2n) is 7.26. The summed E-state index contributed by atoms with van der Waals surface area (Å²) in [6.45, 7) is 4.44. The Kier molecular flexibility index (Phi) is 9.07. The Hall–Kier alpha value is -2.17. The molecule has 9 heteroatoms. The van der Waals surface area contributed by atoms with E-state index >= 15 is 0 Å². The van der Waals surface area contributed by atoms with Crippen LogP contribution in [0, 0.1) is 11.6 Å². The summed E-state index contributed by atoms with van der Waals surface area (Å²) in [5, 5.41) is 6.61. The molecule has 0 saturated carbocycles. The highest BCUT2D eigenvalue weighted by Gasteiger charge is 2.25. The van der Waals surface area contributed by atoms with Crippen molar-refractivity contribution in [3.8, 4) is 0 Å². The van der Waals surface area contributed by atoms with Crippen LogP contribution in [0.4, 0.5) is 20.3 Å². The van der Waals surface area contributed by atoms with Crippen LogP contribution in [-0.4, -0.2) is 50.7 Å². The van der Waals surface area contributed by atoms with Gasteiger partial charge in [0.15, 0.2) is 17.6 Å². The van der Waals surface area contributed by atoms with Crippen LogP contribution >= 0.6 is 24.0 Å². The molecule has 1 saturated heterocycles. The predicted octanol–water partition coefficient (Wildman–Crippen LogP) is 3.38. The quantitative estimate of drug-likeness (QED) is 0.341. The summed E-state index contributed by atoms with van der Waals surface area (Å²) in [6.07, 6.45) is 2.46. The van der Waals surface area contributed by atoms with E-state index in [0.717, 1.165) is 18.5 Å². The number of hydrogen-bond donors (Lipinski definition) is 2. The van der Waals surface area contributed by atoms with Gasteiger partial charge in [-0.05, 0) is 43.2 Å². The van der Waals surface area contributed by atoms with Gasteiger partial charge < -0.3 is 20.4 Å². The fraction of sp³-hybridized carbons (Fsp3) is 0.429. The minimum Gasteiger partial charge on any atom is -0.375 e. The normalized spacial score (nSPS) is 16.2. The molecule has 3 rings (SSSR count). The van der Waals surface area contributed by atoms with E-state index in [2.05, 4.69) is 20.6 Å². The summed E-state index contributed by atoms with van der Waals surface area (Å²) in [5.41, 5.74) is 1.35. The van der Waals surface area contributed by atoms with Crippen molar-refractivity contribution in [1.82, 2.24) is 15.6 Å². The van der Waals surface area contributed by atoms with Gasteiger partial charge in [-0.1, -0.05) is 6.07 Å². The van der Waals surface area contributed by atoms with Crippen LogP contribution in [0.2, 0.25) is 0 Å². The Labute approximate surface area is 193 Å². The summed E-state index contributed by atoms with van der Waals surface area (Å²) in [5.74, 6) is 0.481. The summed E-state index contributed by atoms with van der Waals surface area (Å²) >= 11 is 0. The fourth-order valence-corrected chi connectivity index (χ4v) is 3.38.